The van der Waals surface area contributed by atoms with E-state index in [0.29, 0.717) is 11.6 Å². The molecule has 0 saturated carbocycles. The molecule has 0 aromatic carbocycles. The third-order valence-corrected chi connectivity index (χ3v) is 2.33. The first-order chi connectivity index (χ1) is 8.29. The molecule has 5 heteroatoms. The van der Waals surface area contributed by atoms with Crippen LogP contribution < -0.4 is 5.32 Å². The van der Waals surface area contributed by atoms with Crippen molar-refractivity contribution < 1.29 is 4.39 Å². The molecule has 88 valence electrons. The number of pyridine rings is 1. The number of unbranched alkanes of at least 4 members (excludes halogenated alkanes) is 2. The van der Waals surface area contributed by atoms with Crippen LogP contribution in [-0.4, -0.2) is 21.1 Å². The number of terminal acetylenes is 1. The van der Waals surface area contributed by atoms with Gasteiger partial charge in [-0.15, -0.1) is 17.4 Å². The fourth-order valence-corrected chi connectivity index (χ4v) is 1.49. The Labute approximate surface area is 98.9 Å². The van der Waals surface area contributed by atoms with Crippen LogP contribution >= 0.6 is 0 Å². The van der Waals surface area contributed by atoms with E-state index < -0.39 is 0 Å². The second-order valence-electron chi connectivity index (χ2n) is 3.67. The van der Waals surface area contributed by atoms with E-state index in [4.69, 9.17) is 6.42 Å². The number of nitrogens with zero attached hydrogens (tertiary/aromatic N) is 3. The first-order valence-corrected chi connectivity index (χ1v) is 5.49. The van der Waals surface area contributed by atoms with E-state index in [1.807, 2.05) is 0 Å². The summed E-state index contributed by atoms with van der Waals surface area (Å²) in [4.78, 5) is 4.21. The van der Waals surface area contributed by atoms with Crippen molar-refractivity contribution in [1.29, 1.82) is 0 Å². The van der Waals surface area contributed by atoms with E-state index in [1.54, 1.807) is 6.07 Å². The zero-order valence-corrected chi connectivity index (χ0v) is 9.36. The number of halogens is 1. The number of hydrogen-bond acceptors (Lipinski definition) is 3. The summed E-state index contributed by atoms with van der Waals surface area (Å²) >= 11 is 0. The Balaban J connectivity index is 1.93. The minimum absolute atomic E-state index is 0.331. The normalized spacial score (nSPS) is 10.4. The summed E-state index contributed by atoms with van der Waals surface area (Å²) in [6, 6.07) is 2.95. The van der Waals surface area contributed by atoms with Gasteiger partial charge >= 0.3 is 0 Å². The Morgan fingerprint density at radius 1 is 1.41 bits per heavy atom. The molecular weight excluding hydrogens is 219 g/mol. The van der Waals surface area contributed by atoms with Crippen LogP contribution in [0.15, 0.2) is 18.3 Å². The summed E-state index contributed by atoms with van der Waals surface area (Å²) in [6.45, 7) is 0.765. The Bertz CT molecular complexity index is 541. The van der Waals surface area contributed by atoms with Crippen LogP contribution in [-0.2, 0) is 0 Å². The van der Waals surface area contributed by atoms with Crippen molar-refractivity contribution in [2.45, 2.75) is 19.3 Å². The van der Waals surface area contributed by atoms with Crippen LogP contribution in [0.3, 0.4) is 0 Å². The Kier molecular flexibility index (Phi) is 3.55. The van der Waals surface area contributed by atoms with Crippen LogP contribution in [0.5, 0.6) is 0 Å². The molecule has 2 aromatic rings. The number of nitrogens with one attached hydrogen (secondary N) is 1. The largest absolute Gasteiger partial charge is 0.353 e. The molecule has 0 aliphatic carbocycles. The molecule has 2 aromatic heterocycles. The maximum Gasteiger partial charge on any atom is 0.243 e. The lowest BCUT2D eigenvalue weighted by Crippen LogP contribution is -2.03. The molecule has 0 bridgehead atoms. The molecule has 0 atom stereocenters. The fourth-order valence-electron chi connectivity index (χ4n) is 1.49. The lowest BCUT2D eigenvalue weighted by molar-refractivity contribution is 0.614. The standard InChI is InChI=1S/C12H13FN4/c1-2-3-4-5-8-14-12-15-11-7-6-10(13)9-17(11)16-12/h1,6-7,9H,3-5,8H2,(H,14,16). The zero-order chi connectivity index (χ0) is 12.1. The number of anilines is 1. The van der Waals surface area contributed by atoms with Crippen LogP contribution in [0.4, 0.5) is 10.3 Å². The van der Waals surface area contributed by atoms with Crippen molar-refractivity contribution in [2.75, 3.05) is 11.9 Å². The van der Waals surface area contributed by atoms with Crippen LogP contribution in [0, 0.1) is 18.2 Å². The highest BCUT2D eigenvalue weighted by Crippen LogP contribution is 2.07. The summed E-state index contributed by atoms with van der Waals surface area (Å²) in [7, 11) is 0. The van der Waals surface area contributed by atoms with Gasteiger partial charge in [-0.2, -0.15) is 4.98 Å². The summed E-state index contributed by atoms with van der Waals surface area (Å²) in [5.41, 5.74) is 0.623. The van der Waals surface area contributed by atoms with Crippen molar-refractivity contribution in [3.05, 3.63) is 24.1 Å². The Morgan fingerprint density at radius 3 is 3.12 bits per heavy atom. The molecular formula is C12H13FN4. The minimum Gasteiger partial charge on any atom is -0.353 e. The molecule has 0 amide bonds. The molecule has 17 heavy (non-hydrogen) atoms. The predicted molar refractivity (Wildman–Crippen MR) is 64.1 cm³/mol. The van der Waals surface area contributed by atoms with Crippen molar-refractivity contribution >= 4 is 11.6 Å². The van der Waals surface area contributed by atoms with E-state index in [1.165, 1.54) is 16.8 Å². The molecule has 2 rings (SSSR count). The number of hydrogen-bond donors (Lipinski definition) is 1. The van der Waals surface area contributed by atoms with Crippen LogP contribution in [0.25, 0.3) is 5.65 Å². The first-order valence-electron chi connectivity index (χ1n) is 5.49. The lowest BCUT2D eigenvalue weighted by atomic mass is 10.2. The minimum atomic E-state index is -0.331. The number of fused-ring (bicyclic) bond motifs is 1. The van der Waals surface area contributed by atoms with Gasteiger partial charge in [0.2, 0.25) is 5.95 Å². The monoisotopic (exact) mass is 232 g/mol. The average Bonchev–Trinajstić information content (AvgIpc) is 2.70. The van der Waals surface area contributed by atoms with Gasteiger partial charge in [0.15, 0.2) is 5.65 Å². The highest BCUT2D eigenvalue weighted by Gasteiger charge is 2.02. The highest BCUT2D eigenvalue weighted by atomic mass is 19.1. The van der Waals surface area contributed by atoms with E-state index >= 15 is 0 Å². The van der Waals surface area contributed by atoms with Gasteiger partial charge in [0.1, 0.15) is 5.82 Å². The SMILES string of the molecule is C#CCCCCNc1nc2ccc(F)cn2n1. The predicted octanol–water partition coefficient (Wildman–Crippen LogP) is 2.08. The van der Waals surface area contributed by atoms with Crippen molar-refractivity contribution in [3.8, 4) is 12.3 Å². The lowest BCUT2D eigenvalue weighted by Gasteiger charge is -1.98. The fraction of sp³-hybridized carbons (Fsp3) is 0.333. The summed E-state index contributed by atoms with van der Waals surface area (Å²) in [5, 5.41) is 7.18. The van der Waals surface area contributed by atoms with Gasteiger partial charge in [-0.1, -0.05) is 0 Å². The molecule has 0 fully saturated rings. The summed E-state index contributed by atoms with van der Waals surface area (Å²) in [5.74, 6) is 2.77. The average molecular weight is 232 g/mol. The Hall–Kier alpha value is -2.09. The van der Waals surface area contributed by atoms with E-state index in [9.17, 15) is 4.39 Å². The molecule has 0 aliphatic rings. The maximum absolute atomic E-state index is 12.9. The third-order valence-electron chi connectivity index (χ3n) is 2.33. The molecule has 0 radical (unpaired) electrons. The van der Waals surface area contributed by atoms with Gasteiger partial charge in [0.05, 0.1) is 6.20 Å². The second-order valence-corrected chi connectivity index (χ2v) is 3.67. The zero-order valence-electron chi connectivity index (χ0n) is 9.36. The molecule has 1 N–H and O–H groups in total. The topological polar surface area (TPSA) is 42.2 Å². The molecule has 2 heterocycles. The Morgan fingerprint density at radius 2 is 2.29 bits per heavy atom. The van der Waals surface area contributed by atoms with Gasteiger partial charge in [-0.3, -0.25) is 0 Å². The van der Waals surface area contributed by atoms with Gasteiger partial charge < -0.3 is 5.32 Å². The molecule has 0 saturated heterocycles. The molecule has 4 nitrogen and oxygen atoms in total. The van der Waals surface area contributed by atoms with Crippen LogP contribution in [0.2, 0.25) is 0 Å². The van der Waals surface area contributed by atoms with E-state index in [-0.39, 0.29) is 5.82 Å². The number of rotatable bonds is 5. The number of aromatic nitrogens is 3. The summed E-state index contributed by atoms with van der Waals surface area (Å²) < 4.78 is 14.3. The van der Waals surface area contributed by atoms with E-state index in [2.05, 4.69) is 21.3 Å². The molecule has 0 spiro atoms. The van der Waals surface area contributed by atoms with Crippen molar-refractivity contribution in [1.82, 2.24) is 14.6 Å². The smallest absolute Gasteiger partial charge is 0.243 e. The maximum atomic E-state index is 12.9. The van der Waals surface area contributed by atoms with Gasteiger partial charge in [-0.25, -0.2) is 8.91 Å². The van der Waals surface area contributed by atoms with Gasteiger partial charge in [0.25, 0.3) is 0 Å². The van der Waals surface area contributed by atoms with Gasteiger partial charge in [-0.05, 0) is 25.0 Å². The quantitative estimate of drug-likeness (QED) is 0.634. The first kappa shape index (κ1) is 11.4. The summed E-state index contributed by atoms with van der Waals surface area (Å²) in [6.07, 6.45) is 9.18. The van der Waals surface area contributed by atoms with E-state index in [0.717, 1.165) is 25.8 Å². The molecule has 0 aliphatic heterocycles. The van der Waals surface area contributed by atoms with Crippen molar-refractivity contribution in [2.24, 2.45) is 0 Å². The third kappa shape index (κ3) is 2.94. The van der Waals surface area contributed by atoms with Crippen LogP contribution in [0.1, 0.15) is 19.3 Å². The second kappa shape index (κ2) is 5.30. The molecule has 0 unspecified atom stereocenters. The highest BCUT2D eigenvalue weighted by molar-refractivity contribution is 5.42. The van der Waals surface area contributed by atoms with Crippen molar-refractivity contribution in [3.63, 3.8) is 0 Å². The van der Waals surface area contributed by atoms with Gasteiger partial charge in [0, 0.05) is 13.0 Å².